The Morgan fingerprint density at radius 3 is 1.76 bits per heavy atom. The van der Waals surface area contributed by atoms with Crippen LogP contribution in [0, 0.1) is 19.7 Å². The maximum absolute atomic E-state index is 13.8. The van der Waals surface area contributed by atoms with E-state index in [1.54, 1.807) is 0 Å². The summed E-state index contributed by atoms with van der Waals surface area (Å²) in [5.41, 5.74) is 5.03. The summed E-state index contributed by atoms with van der Waals surface area (Å²) in [5, 5.41) is 3.33. The molecular formula is C19H24FN. The molecule has 1 nitrogen and oxygen atoms in total. The predicted molar refractivity (Wildman–Crippen MR) is 87.3 cm³/mol. The summed E-state index contributed by atoms with van der Waals surface area (Å²) >= 11 is 0. The van der Waals surface area contributed by atoms with Crippen LogP contribution in [0.2, 0.25) is 0 Å². The zero-order valence-corrected chi connectivity index (χ0v) is 13.5. The van der Waals surface area contributed by atoms with Crippen LogP contribution in [-0.4, -0.2) is 7.05 Å². The van der Waals surface area contributed by atoms with E-state index in [1.165, 1.54) is 11.1 Å². The largest absolute Gasteiger partial charge is 0.309 e. The van der Waals surface area contributed by atoms with Gasteiger partial charge in [0, 0.05) is 0 Å². The van der Waals surface area contributed by atoms with Gasteiger partial charge in [-0.05, 0) is 54.6 Å². The Balaban J connectivity index is 2.39. The van der Waals surface area contributed by atoms with E-state index in [9.17, 15) is 4.39 Å². The normalized spacial score (nSPS) is 12.7. The molecule has 2 aromatic carbocycles. The first-order valence-corrected chi connectivity index (χ1v) is 7.47. The molecule has 0 aliphatic heterocycles. The fourth-order valence-electron chi connectivity index (χ4n) is 2.75. The third-order valence-corrected chi connectivity index (χ3v) is 4.02. The van der Waals surface area contributed by atoms with Crippen LogP contribution >= 0.6 is 0 Å². The van der Waals surface area contributed by atoms with Gasteiger partial charge in [0.05, 0.1) is 6.04 Å². The minimum Gasteiger partial charge on any atom is -0.309 e. The van der Waals surface area contributed by atoms with E-state index in [-0.39, 0.29) is 11.9 Å². The fourth-order valence-corrected chi connectivity index (χ4v) is 2.75. The maximum Gasteiger partial charge on any atom is 0.129 e. The number of aryl methyl sites for hydroxylation is 2. The molecule has 0 spiro atoms. The molecule has 0 saturated heterocycles. The van der Waals surface area contributed by atoms with Gasteiger partial charge in [-0.2, -0.15) is 0 Å². The second-order valence-electron chi connectivity index (χ2n) is 6.01. The van der Waals surface area contributed by atoms with Gasteiger partial charge in [0.15, 0.2) is 0 Å². The van der Waals surface area contributed by atoms with Crippen LogP contribution in [-0.2, 0) is 0 Å². The first-order chi connectivity index (χ1) is 9.93. The van der Waals surface area contributed by atoms with Gasteiger partial charge in [0.1, 0.15) is 5.82 Å². The molecule has 112 valence electrons. The monoisotopic (exact) mass is 285 g/mol. The van der Waals surface area contributed by atoms with Crippen molar-refractivity contribution in [2.45, 2.75) is 39.7 Å². The molecule has 21 heavy (non-hydrogen) atoms. The van der Waals surface area contributed by atoms with Crippen molar-refractivity contribution in [1.82, 2.24) is 5.32 Å². The Hall–Kier alpha value is -1.67. The molecule has 0 aromatic heterocycles. The molecule has 0 radical (unpaired) electrons. The molecule has 0 fully saturated rings. The van der Waals surface area contributed by atoms with Crippen molar-refractivity contribution in [2.24, 2.45) is 0 Å². The van der Waals surface area contributed by atoms with Crippen LogP contribution in [0.4, 0.5) is 4.39 Å². The van der Waals surface area contributed by atoms with Crippen LogP contribution in [0.15, 0.2) is 36.4 Å². The second kappa shape index (κ2) is 6.40. The van der Waals surface area contributed by atoms with Crippen molar-refractivity contribution in [1.29, 1.82) is 0 Å². The summed E-state index contributed by atoms with van der Waals surface area (Å²) in [6.45, 7) is 8.02. The molecular weight excluding hydrogens is 261 g/mol. The fraction of sp³-hybridized carbons (Fsp3) is 0.368. The molecule has 1 N–H and O–H groups in total. The average molecular weight is 285 g/mol. The number of halogens is 1. The Bertz CT molecular complexity index is 591. The van der Waals surface area contributed by atoms with Crippen molar-refractivity contribution in [3.05, 3.63) is 70.0 Å². The second-order valence-corrected chi connectivity index (χ2v) is 6.01. The molecule has 2 aromatic rings. The number of hydrogen-bond donors (Lipinski definition) is 1. The molecule has 0 aliphatic rings. The predicted octanol–water partition coefficient (Wildman–Crippen LogP) is 4.87. The van der Waals surface area contributed by atoms with E-state index in [2.05, 4.69) is 43.4 Å². The van der Waals surface area contributed by atoms with Gasteiger partial charge in [-0.25, -0.2) is 4.39 Å². The molecule has 1 atom stereocenters. The molecule has 0 amide bonds. The van der Waals surface area contributed by atoms with Gasteiger partial charge in [-0.1, -0.05) is 50.2 Å². The van der Waals surface area contributed by atoms with Crippen LogP contribution in [0.3, 0.4) is 0 Å². The van der Waals surface area contributed by atoms with E-state index >= 15 is 0 Å². The van der Waals surface area contributed by atoms with Gasteiger partial charge in [0.2, 0.25) is 0 Å². The topological polar surface area (TPSA) is 12.0 Å². The molecule has 0 aliphatic carbocycles. The smallest absolute Gasteiger partial charge is 0.129 e. The zero-order chi connectivity index (χ0) is 15.6. The summed E-state index contributed by atoms with van der Waals surface area (Å²) in [6.07, 6.45) is 0. The highest BCUT2D eigenvalue weighted by Gasteiger charge is 2.15. The van der Waals surface area contributed by atoms with Gasteiger partial charge in [-0.3, -0.25) is 0 Å². The van der Waals surface area contributed by atoms with Crippen molar-refractivity contribution in [3.63, 3.8) is 0 Å². The lowest BCUT2D eigenvalue weighted by atomic mass is 9.93. The van der Waals surface area contributed by atoms with E-state index in [0.717, 1.165) is 5.56 Å². The minimum absolute atomic E-state index is 0.0872. The van der Waals surface area contributed by atoms with E-state index in [0.29, 0.717) is 17.0 Å². The molecule has 1 unspecified atom stereocenters. The van der Waals surface area contributed by atoms with Gasteiger partial charge in [-0.15, -0.1) is 0 Å². The highest BCUT2D eigenvalue weighted by atomic mass is 19.1. The lowest BCUT2D eigenvalue weighted by Crippen LogP contribution is -2.18. The van der Waals surface area contributed by atoms with Gasteiger partial charge >= 0.3 is 0 Å². The standard InChI is InChI=1S/C19H24FN/c1-12(2)15-6-8-16(9-7-15)19(21-5)17-10-13(3)18(20)14(4)11-17/h6-12,19,21H,1-5H3. The third-order valence-electron chi connectivity index (χ3n) is 4.02. The third kappa shape index (κ3) is 3.33. The van der Waals surface area contributed by atoms with Crippen molar-refractivity contribution >= 4 is 0 Å². The first kappa shape index (κ1) is 15.7. The van der Waals surface area contributed by atoms with Crippen LogP contribution in [0.1, 0.15) is 53.6 Å². The highest BCUT2D eigenvalue weighted by molar-refractivity contribution is 5.38. The van der Waals surface area contributed by atoms with Crippen LogP contribution in [0.5, 0.6) is 0 Å². The van der Waals surface area contributed by atoms with Crippen molar-refractivity contribution in [2.75, 3.05) is 7.05 Å². The first-order valence-electron chi connectivity index (χ1n) is 7.47. The molecule has 2 rings (SSSR count). The Kier molecular flexibility index (Phi) is 4.79. The number of benzene rings is 2. The molecule has 0 heterocycles. The van der Waals surface area contributed by atoms with Crippen molar-refractivity contribution < 1.29 is 4.39 Å². The summed E-state index contributed by atoms with van der Waals surface area (Å²) in [7, 11) is 1.94. The zero-order valence-electron chi connectivity index (χ0n) is 13.5. The maximum atomic E-state index is 13.8. The Morgan fingerprint density at radius 2 is 1.33 bits per heavy atom. The molecule has 0 bridgehead atoms. The number of nitrogens with one attached hydrogen (secondary N) is 1. The highest BCUT2D eigenvalue weighted by Crippen LogP contribution is 2.26. The quantitative estimate of drug-likeness (QED) is 0.844. The number of rotatable bonds is 4. The average Bonchev–Trinajstić information content (AvgIpc) is 2.46. The van der Waals surface area contributed by atoms with Crippen molar-refractivity contribution in [3.8, 4) is 0 Å². The minimum atomic E-state index is -0.108. The molecule has 2 heteroatoms. The van der Waals surface area contributed by atoms with E-state index < -0.39 is 0 Å². The van der Waals surface area contributed by atoms with E-state index in [1.807, 2.05) is 33.0 Å². The Morgan fingerprint density at radius 1 is 0.857 bits per heavy atom. The lowest BCUT2D eigenvalue weighted by Gasteiger charge is -2.19. The summed E-state index contributed by atoms with van der Waals surface area (Å²) < 4.78 is 13.8. The van der Waals surface area contributed by atoms with Crippen LogP contribution in [0.25, 0.3) is 0 Å². The summed E-state index contributed by atoms with van der Waals surface area (Å²) in [4.78, 5) is 0. The van der Waals surface area contributed by atoms with E-state index in [4.69, 9.17) is 0 Å². The summed E-state index contributed by atoms with van der Waals surface area (Å²) in [5.74, 6) is 0.422. The van der Waals surface area contributed by atoms with Gasteiger partial charge in [0.25, 0.3) is 0 Å². The SMILES string of the molecule is CNC(c1ccc(C(C)C)cc1)c1cc(C)c(F)c(C)c1. The molecule has 0 saturated carbocycles. The summed E-state index contributed by atoms with van der Waals surface area (Å²) in [6, 6.07) is 12.6. The lowest BCUT2D eigenvalue weighted by molar-refractivity contribution is 0.604. The van der Waals surface area contributed by atoms with Crippen LogP contribution < -0.4 is 5.32 Å². The van der Waals surface area contributed by atoms with Gasteiger partial charge < -0.3 is 5.32 Å². The number of hydrogen-bond acceptors (Lipinski definition) is 1. The Labute approximate surface area is 127 Å².